The Hall–Kier alpha value is -1.16. The second-order valence-electron chi connectivity index (χ2n) is 4.26. The standard InChI is InChI=1S/C14H21F2NO/c1-3-13(17-4-2)6-5-7-18-14-9-11(15)8-12(16)10-14/h8-10,13,17H,3-7H2,1-2H3. The Morgan fingerprint density at radius 3 is 2.39 bits per heavy atom. The topological polar surface area (TPSA) is 21.3 Å². The Labute approximate surface area is 107 Å². The highest BCUT2D eigenvalue weighted by Crippen LogP contribution is 2.15. The summed E-state index contributed by atoms with van der Waals surface area (Å²) in [6.45, 7) is 5.64. The molecule has 1 aromatic carbocycles. The van der Waals surface area contributed by atoms with Crippen molar-refractivity contribution in [2.45, 2.75) is 39.2 Å². The van der Waals surface area contributed by atoms with Gasteiger partial charge in [-0.1, -0.05) is 13.8 Å². The third-order valence-electron chi connectivity index (χ3n) is 2.79. The van der Waals surface area contributed by atoms with E-state index in [0.29, 0.717) is 12.6 Å². The van der Waals surface area contributed by atoms with Crippen LogP contribution < -0.4 is 10.1 Å². The van der Waals surface area contributed by atoms with Gasteiger partial charge in [-0.15, -0.1) is 0 Å². The zero-order valence-electron chi connectivity index (χ0n) is 11.0. The second-order valence-corrected chi connectivity index (χ2v) is 4.26. The molecule has 1 rings (SSSR count). The third kappa shape index (κ3) is 5.45. The number of rotatable bonds is 8. The van der Waals surface area contributed by atoms with Crippen molar-refractivity contribution in [3.8, 4) is 5.75 Å². The van der Waals surface area contributed by atoms with Gasteiger partial charge in [0, 0.05) is 24.2 Å². The minimum atomic E-state index is -0.607. The fourth-order valence-corrected chi connectivity index (χ4v) is 1.87. The first kappa shape index (κ1) is 14.9. The van der Waals surface area contributed by atoms with Crippen LogP contribution in [-0.2, 0) is 0 Å². The first-order valence-electron chi connectivity index (χ1n) is 6.48. The normalized spacial score (nSPS) is 12.4. The highest BCUT2D eigenvalue weighted by Gasteiger charge is 2.05. The maximum atomic E-state index is 12.9. The largest absolute Gasteiger partial charge is 0.493 e. The highest BCUT2D eigenvalue weighted by molar-refractivity contribution is 5.23. The van der Waals surface area contributed by atoms with E-state index in [2.05, 4.69) is 19.2 Å². The summed E-state index contributed by atoms with van der Waals surface area (Å²) in [5, 5.41) is 3.37. The van der Waals surface area contributed by atoms with Gasteiger partial charge in [0.2, 0.25) is 0 Å². The smallest absolute Gasteiger partial charge is 0.129 e. The van der Waals surface area contributed by atoms with E-state index < -0.39 is 11.6 Å². The molecule has 1 unspecified atom stereocenters. The van der Waals surface area contributed by atoms with E-state index in [4.69, 9.17) is 4.74 Å². The van der Waals surface area contributed by atoms with Crippen LogP contribution in [0.3, 0.4) is 0 Å². The molecule has 0 aliphatic heterocycles. The Balaban J connectivity index is 2.28. The van der Waals surface area contributed by atoms with E-state index in [9.17, 15) is 8.78 Å². The molecule has 0 saturated heterocycles. The molecule has 18 heavy (non-hydrogen) atoms. The lowest BCUT2D eigenvalue weighted by Crippen LogP contribution is -2.28. The van der Waals surface area contributed by atoms with Crippen LogP contribution in [0.25, 0.3) is 0 Å². The Morgan fingerprint density at radius 1 is 1.17 bits per heavy atom. The molecule has 4 heteroatoms. The summed E-state index contributed by atoms with van der Waals surface area (Å²) < 4.78 is 31.1. The second kappa shape index (κ2) is 8.03. The van der Waals surface area contributed by atoms with Crippen molar-refractivity contribution in [3.63, 3.8) is 0 Å². The predicted octanol–water partition coefficient (Wildman–Crippen LogP) is 3.51. The number of nitrogens with one attached hydrogen (secondary N) is 1. The molecule has 1 aromatic rings. The van der Waals surface area contributed by atoms with Crippen molar-refractivity contribution in [1.82, 2.24) is 5.32 Å². The summed E-state index contributed by atoms with van der Waals surface area (Å²) in [6.07, 6.45) is 2.94. The average Bonchev–Trinajstić information content (AvgIpc) is 2.32. The van der Waals surface area contributed by atoms with Crippen LogP contribution in [0.15, 0.2) is 18.2 Å². The first-order chi connectivity index (χ1) is 8.65. The highest BCUT2D eigenvalue weighted by atomic mass is 19.1. The molecule has 0 bridgehead atoms. The summed E-state index contributed by atoms with van der Waals surface area (Å²) in [5.74, 6) is -0.961. The van der Waals surface area contributed by atoms with Crippen molar-refractivity contribution >= 4 is 0 Å². The zero-order chi connectivity index (χ0) is 13.4. The van der Waals surface area contributed by atoms with Crippen LogP contribution in [0.5, 0.6) is 5.75 Å². The molecule has 0 aliphatic rings. The van der Waals surface area contributed by atoms with Crippen LogP contribution in [0.2, 0.25) is 0 Å². The minimum absolute atomic E-state index is 0.254. The van der Waals surface area contributed by atoms with E-state index in [0.717, 1.165) is 31.9 Å². The van der Waals surface area contributed by atoms with Crippen LogP contribution in [0.1, 0.15) is 33.1 Å². The lowest BCUT2D eigenvalue weighted by molar-refractivity contribution is 0.292. The van der Waals surface area contributed by atoms with Gasteiger partial charge in [0.15, 0.2) is 0 Å². The molecule has 102 valence electrons. The average molecular weight is 257 g/mol. The summed E-state index contributed by atoms with van der Waals surface area (Å²) in [7, 11) is 0. The summed E-state index contributed by atoms with van der Waals surface area (Å²) in [5.41, 5.74) is 0. The lowest BCUT2D eigenvalue weighted by atomic mass is 10.1. The van der Waals surface area contributed by atoms with E-state index in [1.165, 1.54) is 12.1 Å². The van der Waals surface area contributed by atoms with Crippen molar-refractivity contribution in [1.29, 1.82) is 0 Å². The number of ether oxygens (including phenoxy) is 1. The molecule has 0 spiro atoms. The maximum absolute atomic E-state index is 12.9. The third-order valence-corrected chi connectivity index (χ3v) is 2.79. The molecule has 0 saturated carbocycles. The molecular formula is C14H21F2NO. The van der Waals surface area contributed by atoms with E-state index in [1.807, 2.05) is 0 Å². The fourth-order valence-electron chi connectivity index (χ4n) is 1.87. The molecule has 0 heterocycles. The number of benzene rings is 1. The number of hydrogen-bond acceptors (Lipinski definition) is 2. The van der Waals surface area contributed by atoms with Gasteiger partial charge in [0.25, 0.3) is 0 Å². The van der Waals surface area contributed by atoms with Gasteiger partial charge in [0.1, 0.15) is 17.4 Å². The molecular weight excluding hydrogens is 236 g/mol. The lowest BCUT2D eigenvalue weighted by Gasteiger charge is -2.15. The SMILES string of the molecule is CCNC(CC)CCCOc1cc(F)cc(F)c1. The van der Waals surface area contributed by atoms with Crippen LogP contribution in [0, 0.1) is 11.6 Å². The van der Waals surface area contributed by atoms with Gasteiger partial charge < -0.3 is 10.1 Å². The van der Waals surface area contributed by atoms with Crippen molar-refractivity contribution < 1.29 is 13.5 Å². The fraction of sp³-hybridized carbons (Fsp3) is 0.571. The zero-order valence-corrected chi connectivity index (χ0v) is 11.0. The van der Waals surface area contributed by atoms with Crippen molar-refractivity contribution in [2.24, 2.45) is 0 Å². The molecule has 1 N–H and O–H groups in total. The molecule has 0 aliphatic carbocycles. The van der Waals surface area contributed by atoms with E-state index >= 15 is 0 Å². The van der Waals surface area contributed by atoms with E-state index in [1.54, 1.807) is 0 Å². The van der Waals surface area contributed by atoms with Crippen molar-refractivity contribution in [3.05, 3.63) is 29.8 Å². The summed E-state index contributed by atoms with van der Waals surface area (Å²) >= 11 is 0. The van der Waals surface area contributed by atoms with Gasteiger partial charge in [-0.05, 0) is 25.8 Å². The Bertz CT molecular complexity index is 337. The number of hydrogen-bond donors (Lipinski definition) is 1. The van der Waals surface area contributed by atoms with Crippen LogP contribution in [0.4, 0.5) is 8.78 Å². The maximum Gasteiger partial charge on any atom is 0.129 e. The van der Waals surface area contributed by atoms with Gasteiger partial charge in [-0.2, -0.15) is 0 Å². The quantitative estimate of drug-likeness (QED) is 0.719. The first-order valence-corrected chi connectivity index (χ1v) is 6.48. The van der Waals surface area contributed by atoms with Gasteiger partial charge in [-0.25, -0.2) is 8.78 Å². The Morgan fingerprint density at radius 2 is 1.83 bits per heavy atom. The molecule has 0 fully saturated rings. The summed E-state index contributed by atoms with van der Waals surface area (Å²) in [6, 6.07) is 3.73. The molecule has 0 amide bonds. The summed E-state index contributed by atoms with van der Waals surface area (Å²) in [4.78, 5) is 0. The van der Waals surface area contributed by atoms with Gasteiger partial charge in [0.05, 0.1) is 6.61 Å². The van der Waals surface area contributed by atoms with Gasteiger partial charge >= 0.3 is 0 Å². The minimum Gasteiger partial charge on any atom is -0.493 e. The predicted molar refractivity (Wildman–Crippen MR) is 68.8 cm³/mol. The van der Waals surface area contributed by atoms with Crippen LogP contribution in [-0.4, -0.2) is 19.2 Å². The van der Waals surface area contributed by atoms with Crippen molar-refractivity contribution in [2.75, 3.05) is 13.2 Å². The van der Waals surface area contributed by atoms with E-state index in [-0.39, 0.29) is 5.75 Å². The molecule has 0 radical (unpaired) electrons. The number of halogens is 2. The Kier molecular flexibility index (Phi) is 6.65. The molecule has 0 aromatic heterocycles. The van der Waals surface area contributed by atoms with Gasteiger partial charge in [-0.3, -0.25) is 0 Å². The van der Waals surface area contributed by atoms with Crippen LogP contribution >= 0.6 is 0 Å². The monoisotopic (exact) mass is 257 g/mol. The molecule has 2 nitrogen and oxygen atoms in total. The molecule has 1 atom stereocenters.